The quantitative estimate of drug-likeness (QED) is 0.847. The van der Waals surface area contributed by atoms with Crippen LogP contribution in [0, 0.1) is 10.8 Å². The number of hydrogen-bond donors (Lipinski definition) is 1. The Hall–Kier alpha value is -0.650. The van der Waals surface area contributed by atoms with E-state index in [0.29, 0.717) is 13.0 Å². The molecule has 2 fully saturated rings. The van der Waals surface area contributed by atoms with E-state index in [9.17, 15) is 13.5 Å². The standard InChI is InChI=1S/C19H31NO3S/c1-14(21)15-6-8-19(5,9-7-15)24(22,23)20-13-18(4)11-16(20)10-17(2,3)12-18/h6-8,14,16,21H,9-13H2,1-5H3. The topological polar surface area (TPSA) is 57.6 Å². The second-order valence-corrected chi connectivity index (χ2v) is 11.8. The highest BCUT2D eigenvalue weighted by atomic mass is 32.2. The zero-order chi connectivity index (χ0) is 18.0. The highest BCUT2D eigenvalue weighted by molar-refractivity contribution is 7.90. The second kappa shape index (κ2) is 5.42. The first-order valence-corrected chi connectivity index (χ1v) is 10.4. The third-order valence-corrected chi connectivity index (χ3v) is 8.64. The Bertz CT molecular complexity index is 691. The zero-order valence-electron chi connectivity index (χ0n) is 15.5. The highest BCUT2D eigenvalue weighted by Gasteiger charge is 2.56. The van der Waals surface area contributed by atoms with Gasteiger partial charge >= 0.3 is 0 Å². The lowest BCUT2D eigenvalue weighted by Crippen LogP contribution is -2.48. The van der Waals surface area contributed by atoms with Gasteiger partial charge in [-0.25, -0.2) is 8.42 Å². The van der Waals surface area contributed by atoms with E-state index < -0.39 is 20.9 Å². The molecular weight excluding hydrogens is 322 g/mol. The van der Waals surface area contributed by atoms with E-state index in [1.807, 2.05) is 13.0 Å². The van der Waals surface area contributed by atoms with Gasteiger partial charge in [0.25, 0.3) is 0 Å². The van der Waals surface area contributed by atoms with Crippen LogP contribution in [-0.4, -0.2) is 41.3 Å². The van der Waals surface area contributed by atoms with Gasteiger partial charge in [0.2, 0.25) is 10.0 Å². The minimum atomic E-state index is -3.43. The monoisotopic (exact) mass is 353 g/mol. The molecule has 4 atom stereocenters. The van der Waals surface area contributed by atoms with Gasteiger partial charge in [0.15, 0.2) is 0 Å². The van der Waals surface area contributed by atoms with Crippen LogP contribution in [0.4, 0.5) is 0 Å². The van der Waals surface area contributed by atoms with Crippen molar-refractivity contribution in [2.45, 2.75) is 77.2 Å². The van der Waals surface area contributed by atoms with E-state index in [0.717, 1.165) is 24.8 Å². The first kappa shape index (κ1) is 18.2. The van der Waals surface area contributed by atoms with Crippen molar-refractivity contribution in [1.82, 2.24) is 4.31 Å². The van der Waals surface area contributed by atoms with Crippen LogP contribution in [0.15, 0.2) is 23.8 Å². The van der Waals surface area contributed by atoms with E-state index in [-0.39, 0.29) is 16.9 Å². The Balaban J connectivity index is 1.89. The number of aliphatic hydroxyl groups excluding tert-OH is 1. The summed E-state index contributed by atoms with van der Waals surface area (Å²) in [6.45, 7) is 10.9. The van der Waals surface area contributed by atoms with E-state index in [1.165, 1.54) is 0 Å². The fourth-order valence-electron chi connectivity index (χ4n) is 5.19. The van der Waals surface area contributed by atoms with Crippen LogP contribution in [-0.2, 0) is 10.0 Å². The van der Waals surface area contributed by atoms with Crippen molar-refractivity contribution in [3.8, 4) is 0 Å². The molecule has 1 aliphatic heterocycles. The van der Waals surface area contributed by atoms with Crippen LogP contribution in [0.3, 0.4) is 0 Å². The van der Waals surface area contributed by atoms with Gasteiger partial charge in [0.1, 0.15) is 4.75 Å². The highest BCUT2D eigenvalue weighted by Crippen LogP contribution is 2.54. The van der Waals surface area contributed by atoms with Gasteiger partial charge in [-0.05, 0) is 55.9 Å². The molecular formula is C19H31NO3S. The van der Waals surface area contributed by atoms with Crippen molar-refractivity contribution < 1.29 is 13.5 Å². The number of fused-ring (bicyclic) bond motifs is 2. The summed E-state index contributed by atoms with van der Waals surface area (Å²) in [6, 6.07) is 0.121. The third-order valence-electron chi connectivity index (χ3n) is 6.12. The van der Waals surface area contributed by atoms with E-state index in [4.69, 9.17) is 0 Å². The summed E-state index contributed by atoms with van der Waals surface area (Å²) in [6.07, 6.45) is 8.30. The number of allylic oxidation sites excluding steroid dienone is 1. The predicted octanol–water partition coefficient (Wildman–Crippen LogP) is 3.24. The molecule has 1 saturated heterocycles. The molecule has 2 bridgehead atoms. The summed E-state index contributed by atoms with van der Waals surface area (Å²) in [7, 11) is -3.43. The molecule has 24 heavy (non-hydrogen) atoms. The first-order chi connectivity index (χ1) is 10.9. The van der Waals surface area contributed by atoms with E-state index >= 15 is 0 Å². The van der Waals surface area contributed by atoms with Crippen LogP contribution in [0.5, 0.6) is 0 Å². The molecule has 1 heterocycles. The molecule has 0 spiro atoms. The van der Waals surface area contributed by atoms with Gasteiger partial charge in [-0.3, -0.25) is 0 Å². The average Bonchev–Trinajstić information content (AvgIpc) is 2.68. The summed E-state index contributed by atoms with van der Waals surface area (Å²) >= 11 is 0. The summed E-state index contributed by atoms with van der Waals surface area (Å²) in [5, 5.41) is 9.70. The maximum Gasteiger partial charge on any atom is 0.223 e. The molecule has 5 heteroatoms. The zero-order valence-corrected chi connectivity index (χ0v) is 16.4. The molecule has 3 rings (SSSR count). The first-order valence-electron chi connectivity index (χ1n) is 8.96. The van der Waals surface area contributed by atoms with Gasteiger partial charge in [0.05, 0.1) is 6.10 Å². The number of aliphatic hydroxyl groups is 1. The van der Waals surface area contributed by atoms with Crippen molar-refractivity contribution in [3.05, 3.63) is 23.8 Å². The Morgan fingerprint density at radius 2 is 1.92 bits per heavy atom. The molecule has 4 unspecified atom stereocenters. The van der Waals surface area contributed by atoms with E-state index in [1.54, 1.807) is 23.4 Å². The SMILES string of the molecule is CC(O)C1=CCC(C)(S(=O)(=O)N2CC3(C)CC2CC(C)(C)C3)C=C1. The third kappa shape index (κ3) is 2.89. The lowest BCUT2D eigenvalue weighted by atomic mass is 9.65. The van der Waals surface area contributed by atoms with Crippen LogP contribution < -0.4 is 0 Å². The van der Waals surface area contributed by atoms with E-state index in [2.05, 4.69) is 20.8 Å². The Kier molecular flexibility index (Phi) is 4.10. The lowest BCUT2D eigenvalue weighted by molar-refractivity contribution is 0.133. The number of hydrogen-bond acceptors (Lipinski definition) is 3. The fourth-order valence-corrected chi connectivity index (χ4v) is 7.28. The molecule has 0 aromatic heterocycles. The van der Waals surface area contributed by atoms with Gasteiger partial charge in [0, 0.05) is 12.6 Å². The van der Waals surface area contributed by atoms with Gasteiger partial charge < -0.3 is 5.11 Å². The second-order valence-electron chi connectivity index (χ2n) is 9.49. The minimum absolute atomic E-state index is 0.0921. The number of sulfonamides is 1. The maximum absolute atomic E-state index is 13.5. The van der Waals surface area contributed by atoms with Crippen molar-refractivity contribution in [1.29, 1.82) is 0 Å². The predicted molar refractivity (Wildman–Crippen MR) is 97.1 cm³/mol. The number of rotatable bonds is 3. The van der Waals surface area contributed by atoms with Gasteiger partial charge in [-0.1, -0.05) is 39.0 Å². The molecule has 0 radical (unpaired) electrons. The molecule has 4 nitrogen and oxygen atoms in total. The molecule has 0 aromatic rings. The van der Waals surface area contributed by atoms with Crippen LogP contribution >= 0.6 is 0 Å². The van der Waals surface area contributed by atoms with Crippen LogP contribution in [0.2, 0.25) is 0 Å². The van der Waals surface area contributed by atoms with Crippen molar-refractivity contribution in [2.24, 2.45) is 10.8 Å². The fraction of sp³-hybridized carbons (Fsp3) is 0.789. The van der Waals surface area contributed by atoms with Crippen molar-refractivity contribution in [3.63, 3.8) is 0 Å². The smallest absolute Gasteiger partial charge is 0.223 e. The normalized spacial score (nSPS) is 40.4. The Morgan fingerprint density at radius 1 is 1.25 bits per heavy atom. The molecule has 1 saturated carbocycles. The molecule has 0 amide bonds. The van der Waals surface area contributed by atoms with Crippen molar-refractivity contribution >= 4 is 10.0 Å². The van der Waals surface area contributed by atoms with Crippen LogP contribution in [0.25, 0.3) is 0 Å². The van der Waals surface area contributed by atoms with Crippen molar-refractivity contribution in [2.75, 3.05) is 6.54 Å². The summed E-state index contributed by atoms with van der Waals surface area (Å²) in [5.74, 6) is 0. The molecule has 2 aliphatic carbocycles. The molecule has 136 valence electrons. The molecule has 0 aromatic carbocycles. The van der Waals surface area contributed by atoms with Crippen LogP contribution in [0.1, 0.15) is 60.3 Å². The molecule has 3 aliphatic rings. The summed E-state index contributed by atoms with van der Waals surface area (Å²) in [5.41, 5.74) is 1.09. The lowest BCUT2D eigenvalue weighted by Gasteiger charge is -2.40. The Morgan fingerprint density at radius 3 is 2.46 bits per heavy atom. The minimum Gasteiger partial charge on any atom is -0.389 e. The Labute approximate surface area is 146 Å². The molecule has 1 N–H and O–H groups in total. The summed E-state index contributed by atoms with van der Waals surface area (Å²) in [4.78, 5) is 0. The largest absolute Gasteiger partial charge is 0.389 e. The maximum atomic E-state index is 13.5. The summed E-state index contributed by atoms with van der Waals surface area (Å²) < 4.78 is 27.8. The van der Waals surface area contributed by atoms with Gasteiger partial charge in [-0.15, -0.1) is 0 Å². The average molecular weight is 354 g/mol. The number of nitrogens with zero attached hydrogens (tertiary/aromatic N) is 1. The van der Waals surface area contributed by atoms with Gasteiger partial charge in [-0.2, -0.15) is 4.31 Å².